The fourth-order valence-corrected chi connectivity index (χ4v) is 3.85. The van der Waals surface area contributed by atoms with Crippen molar-refractivity contribution in [1.29, 1.82) is 0 Å². The highest BCUT2D eigenvalue weighted by Crippen LogP contribution is 2.30. The summed E-state index contributed by atoms with van der Waals surface area (Å²) in [7, 11) is 1.61. The molecule has 0 aliphatic carbocycles. The third kappa shape index (κ3) is 6.89. The Kier molecular flexibility index (Phi) is 9.06. The third-order valence-corrected chi connectivity index (χ3v) is 5.30. The Balaban J connectivity index is 1.59. The van der Waals surface area contributed by atoms with Gasteiger partial charge in [0.05, 0.1) is 33.5 Å². The average Bonchev–Trinajstić information content (AvgIpc) is 2.80. The summed E-state index contributed by atoms with van der Waals surface area (Å²) in [6, 6.07) is 22.7. The average molecular weight is 487 g/mol. The van der Waals surface area contributed by atoms with Crippen molar-refractivity contribution in [1.82, 2.24) is 0 Å². The zero-order valence-corrected chi connectivity index (χ0v) is 19.0. The van der Waals surface area contributed by atoms with Gasteiger partial charge in [-0.1, -0.05) is 76.6 Å². The molecule has 0 heterocycles. The van der Waals surface area contributed by atoms with Crippen LogP contribution in [0, 0.1) is 0 Å². The number of ether oxygens (including phenoxy) is 3. The number of hydrogen-bond acceptors (Lipinski definition) is 5. The van der Waals surface area contributed by atoms with E-state index in [2.05, 4.69) is 15.9 Å². The van der Waals surface area contributed by atoms with Crippen molar-refractivity contribution in [3.05, 3.63) is 99.5 Å². The van der Waals surface area contributed by atoms with E-state index in [0.29, 0.717) is 5.75 Å². The molecule has 3 aromatic rings. The molecule has 164 valence electrons. The minimum atomic E-state index is -0.693. The molecule has 0 radical (unpaired) electrons. The molecule has 0 spiro atoms. The minimum absolute atomic E-state index is 0.175. The van der Waals surface area contributed by atoms with Gasteiger partial charge in [0.25, 0.3) is 0 Å². The first-order valence-electron chi connectivity index (χ1n) is 10.0. The Hall–Kier alpha value is -2.22. The maximum atomic E-state index is 10.3. The van der Waals surface area contributed by atoms with Gasteiger partial charge in [-0.15, -0.1) is 0 Å². The first-order valence-corrected chi connectivity index (χ1v) is 10.8. The van der Waals surface area contributed by atoms with Crippen molar-refractivity contribution in [3.8, 4) is 5.75 Å². The van der Waals surface area contributed by atoms with Crippen molar-refractivity contribution in [2.75, 3.05) is 20.3 Å². The third-order valence-electron chi connectivity index (χ3n) is 4.85. The molecule has 31 heavy (non-hydrogen) atoms. The lowest BCUT2D eigenvalue weighted by molar-refractivity contribution is 0.0244. The molecular weight excluding hydrogens is 460 g/mol. The topological polar surface area (TPSA) is 68.2 Å². The molecule has 0 amide bonds. The van der Waals surface area contributed by atoms with Gasteiger partial charge in [-0.3, -0.25) is 0 Å². The molecule has 6 heteroatoms. The summed E-state index contributed by atoms with van der Waals surface area (Å²) < 4.78 is 18.0. The largest absolute Gasteiger partial charge is 0.496 e. The van der Waals surface area contributed by atoms with Crippen LogP contribution in [0.3, 0.4) is 0 Å². The maximum absolute atomic E-state index is 10.3. The van der Waals surface area contributed by atoms with Gasteiger partial charge in [-0.2, -0.15) is 0 Å². The van der Waals surface area contributed by atoms with Crippen LogP contribution >= 0.6 is 15.9 Å². The first-order chi connectivity index (χ1) is 15.1. The minimum Gasteiger partial charge on any atom is -0.496 e. The van der Waals surface area contributed by atoms with E-state index in [0.717, 1.165) is 26.7 Å². The Bertz CT molecular complexity index is 861. The van der Waals surface area contributed by atoms with E-state index >= 15 is 0 Å². The Morgan fingerprint density at radius 1 is 0.742 bits per heavy atom. The molecule has 0 aliphatic rings. The zero-order valence-electron chi connectivity index (χ0n) is 17.4. The summed E-state index contributed by atoms with van der Waals surface area (Å²) in [6.45, 7) is 0.919. The normalized spacial score (nSPS) is 13.0. The predicted octanol–water partition coefficient (Wildman–Crippen LogP) is 4.96. The predicted molar refractivity (Wildman–Crippen MR) is 123 cm³/mol. The second-order valence-electron chi connectivity index (χ2n) is 7.14. The lowest BCUT2D eigenvalue weighted by atomic mass is 10.1. The van der Waals surface area contributed by atoms with Crippen molar-refractivity contribution in [2.45, 2.75) is 25.4 Å². The Morgan fingerprint density at radius 2 is 1.16 bits per heavy atom. The molecule has 5 nitrogen and oxygen atoms in total. The highest BCUT2D eigenvalue weighted by Gasteiger charge is 2.14. The van der Waals surface area contributed by atoms with Crippen LogP contribution in [0.15, 0.2) is 77.3 Å². The van der Waals surface area contributed by atoms with Crippen LogP contribution in [0.2, 0.25) is 0 Å². The van der Waals surface area contributed by atoms with Crippen LogP contribution in [-0.4, -0.2) is 30.5 Å². The van der Waals surface area contributed by atoms with E-state index in [1.54, 1.807) is 7.11 Å². The fourth-order valence-electron chi connectivity index (χ4n) is 3.29. The van der Waals surface area contributed by atoms with Crippen molar-refractivity contribution < 1.29 is 24.4 Å². The Labute approximate surface area is 191 Å². The molecule has 0 saturated carbocycles. The summed E-state index contributed by atoms with van der Waals surface area (Å²) in [5.41, 5.74) is 3.32. The van der Waals surface area contributed by atoms with E-state index in [1.807, 2.05) is 72.8 Å². The second kappa shape index (κ2) is 12.0. The first kappa shape index (κ1) is 23.4. The molecule has 0 saturated heterocycles. The molecule has 0 fully saturated rings. The molecule has 3 aromatic carbocycles. The van der Waals surface area contributed by atoms with Gasteiger partial charge < -0.3 is 24.4 Å². The van der Waals surface area contributed by atoms with E-state index in [9.17, 15) is 10.2 Å². The van der Waals surface area contributed by atoms with Crippen LogP contribution in [0.1, 0.15) is 34.5 Å². The summed E-state index contributed by atoms with van der Waals surface area (Å²) >= 11 is 3.53. The number of halogens is 1. The molecule has 0 aliphatic heterocycles. The smallest absolute Gasteiger partial charge is 0.129 e. The number of hydrogen-bond donors (Lipinski definition) is 2. The number of methoxy groups -OCH3 is 1. The van der Waals surface area contributed by atoms with E-state index in [4.69, 9.17) is 14.2 Å². The maximum Gasteiger partial charge on any atom is 0.129 e. The quantitative estimate of drug-likeness (QED) is 0.400. The van der Waals surface area contributed by atoms with Gasteiger partial charge in [0.1, 0.15) is 18.0 Å². The molecule has 0 unspecified atom stereocenters. The van der Waals surface area contributed by atoms with Gasteiger partial charge in [0.15, 0.2) is 0 Å². The van der Waals surface area contributed by atoms with Crippen LogP contribution < -0.4 is 4.74 Å². The van der Waals surface area contributed by atoms with Crippen LogP contribution in [0.5, 0.6) is 5.75 Å². The van der Waals surface area contributed by atoms with Gasteiger partial charge >= 0.3 is 0 Å². The summed E-state index contributed by atoms with van der Waals surface area (Å²) in [5.74, 6) is 0.673. The van der Waals surface area contributed by atoms with Gasteiger partial charge in [0, 0.05) is 15.6 Å². The zero-order chi connectivity index (χ0) is 22.1. The van der Waals surface area contributed by atoms with Gasteiger partial charge in [0.2, 0.25) is 0 Å². The molecular formula is C25H27BrO5. The Morgan fingerprint density at radius 3 is 1.55 bits per heavy atom. The lowest BCUT2D eigenvalue weighted by Gasteiger charge is -2.17. The molecule has 3 rings (SSSR count). The number of aliphatic hydroxyl groups excluding tert-OH is 2. The second-order valence-corrected chi connectivity index (χ2v) is 8.06. The van der Waals surface area contributed by atoms with E-state index in [-0.39, 0.29) is 26.4 Å². The standard InChI is InChI=1S/C25H27BrO5/c1-29-25-20(14-30-16-23(27)18-8-4-2-5-9-18)12-22(26)13-21(25)15-31-17-24(28)19-10-6-3-7-11-19/h2-13,23-24,27-28H,14-17H2,1H3/t23-,24-/m0/s1. The number of aliphatic hydroxyl groups is 2. The fraction of sp³-hybridized carbons (Fsp3) is 0.280. The van der Waals surface area contributed by atoms with Crippen LogP contribution in [0.4, 0.5) is 0 Å². The number of benzene rings is 3. The molecule has 0 aromatic heterocycles. The van der Waals surface area contributed by atoms with Crippen molar-refractivity contribution in [3.63, 3.8) is 0 Å². The number of rotatable bonds is 11. The van der Waals surface area contributed by atoms with Gasteiger partial charge in [-0.25, -0.2) is 0 Å². The molecule has 2 N–H and O–H groups in total. The summed E-state index contributed by atoms with van der Waals surface area (Å²) in [4.78, 5) is 0. The lowest BCUT2D eigenvalue weighted by Crippen LogP contribution is -2.10. The van der Waals surface area contributed by atoms with E-state index in [1.165, 1.54) is 0 Å². The molecule has 2 atom stereocenters. The SMILES string of the molecule is COc1c(COC[C@H](O)c2ccccc2)cc(Br)cc1COC[C@H](O)c1ccccc1. The van der Waals surface area contributed by atoms with Crippen molar-refractivity contribution >= 4 is 15.9 Å². The van der Waals surface area contributed by atoms with Crippen molar-refractivity contribution in [2.24, 2.45) is 0 Å². The van der Waals surface area contributed by atoms with Gasteiger partial charge in [-0.05, 0) is 23.3 Å². The van der Waals surface area contributed by atoms with Crippen LogP contribution in [0.25, 0.3) is 0 Å². The summed E-state index contributed by atoms with van der Waals surface area (Å²) in [5, 5.41) is 20.6. The molecule has 0 bridgehead atoms. The van der Waals surface area contributed by atoms with Crippen LogP contribution in [-0.2, 0) is 22.7 Å². The summed E-state index contributed by atoms with van der Waals surface area (Å²) in [6.07, 6.45) is -1.39. The highest BCUT2D eigenvalue weighted by atomic mass is 79.9. The monoisotopic (exact) mass is 486 g/mol. The highest BCUT2D eigenvalue weighted by molar-refractivity contribution is 9.10. The van der Waals surface area contributed by atoms with E-state index < -0.39 is 12.2 Å².